The third-order valence-corrected chi connectivity index (χ3v) is 3.96. The van der Waals surface area contributed by atoms with E-state index in [2.05, 4.69) is 43.6 Å². The molecule has 2 aromatic rings. The van der Waals surface area contributed by atoms with E-state index in [1.807, 2.05) is 6.20 Å². The Morgan fingerprint density at radius 2 is 2.00 bits per heavy atom. The van der Waals surface area contributed by atoms with E-state index in [1.54, 1.807) is 0 Å². The monoisotopic (exact) mass is 278 g/mol. The molecule has 0 spiro atoms. The van der Waals surface area contributed by atoms with Gasteiger partial charge >= 0.3 is 0 Å². The van der Waals surface area contributed by atoms with Gasteiger partial charge in [0.15, 0.2) is 0 Å². The fraction of sp³-hybridized carbons (Fsp3) is 0.462. The molecule has 1 aliphatic rings. The summed E-state index contributed by atoms with van der Waals surface area (Å²) in [6.45, 7) is 0. The number of hydrogen-bond acceptors (Lipinski definition) is 1. The van der Waals surface area contributed by atoms with Crippen molar-refractivity contribution in [3.05, 3.63) is 34.8 Å². The Morgan fingerprint density at radius 3 is 2.81 bits per heavy atom. The van der Waals surface area contributed by atoms with E-state index < -0.39 is 0 Å². The molecule has 2 aromatic heterocycles. The maximum Gasteiger partial charge on any atom is 0.116 e. The number of rotatable bonds is 1. The minimum absolute atomic E-state index is 0.658. The molecule has 3 rings (SSSR count). The van der Waals surface area contributed by atoms with Crippen molar-refractivity contribution in [2.24, 2.45) is 0 Å². The minimum Gasteiger partial charge on any atom is -0.302 e. The summed E-state index contributed by atoms with van der Waals surface area (Å²) in [5.74, 6) is 1.90. The van der Waals surface area contributed by atoms with Crippen LogP contribution < -0.4 is 0 Å². The maximum atomic E-state index is 4.60. The molecule has 2 nitrogen and oxygen atoms in total. The second-order valence-electron chi connectivity index (χ2n) is 4.59. The van der Waals surface area contributed by atoms with Crippen LogP contribution in [0, 0.1) is 0 Å². The van der Waals surface area contributed by atoms with Crippen molar-refractivity contribution in [1.82, 2.24) is 9.38 Å². The molecule has 0 atom stereocenters. The van der Waals surface area contributed by atoms with Gasteiger partial charge in [-0.25, -0.2) is 4.98 Å². The summed E-state index contributed by atoms with van der Waals surface area (Å²) in [6, 6.07) is 4.19. The topological polar surface area (TPSA) is 17.3 Å². The third-order valence-electron chi connectivity index (χ3n) is 3.49. The Balaban J connectivity index is 2.05. The van der Waals surface area contributed by atoms with Crippen molar-refractivity contribution >= 4 is 21.4 Å². The zero-order valence-electron chi connectivity index (χ0n) is 9.19. The van der Waals surface area contributed by atoms with Crippen molar-refractivity contribution < 1.29 is 0 Å². The largest absolute Gasteiger partial charge is 0.302 e. The molecule has 0 unspecified atom stereocenters. The van der Waals surface area contributed by atoms with Gasteiger partial charge in [0.25, 0.3) is 0 Å². The van der Waals surface area contributed by atoms with E-state index in [-0.39, 0.29) is 0 Å². The summed E-state index contributed by atoms with van der Waals surface area (Å²) < 4.78 is 3.36. The highest BCUT2D eigenvalue weighted by atomic mass is 79.9. The highest BCUT2D eigenvalue weighted by Gasteiger charge is 2.19. The van der Waals surface area contributed by atoms with Crippen molar-refractivity contribution in [3.8, 4) is 0 Å². The summed E-state index contributed by atoms with van der Waals surface area (Å²) in [6.07, 6.45) is 10.8. The number of imidazole rings is 1. The molecule has 1 saturated carbocycles. The molecule has 0 aliphatic heterocycles. The molecule has 3 heteroatoms. The van der Waals surface area contributed by atoms with Gasteiger partial charge in [-0.3, -0.25) is 0 Å². The Morgan fingerprint density at radius 1 is 1.19 bits per heavy atom. The maximum absolute atomic E-state index is 4.60. The van der Waals surface area contributed by atoms with Crippen LogP contribution in [0.5, 0.6) is 0 Å². The number of pyridine rings is 1. The van der Waals surface area contributed by atoms with Crippen LogP contribution in [-0.4, -0.2) is 9.38 Å². The third kappa shape index (κ3) is 1.77. The predicted molar refractivity (Wildman–Crippen MR) is 68.7 cm³/mol. The summed E-state index contributed by atoms with van der Waals surface area (Å²) >= 11 is 3.53. The minimum atomic E-state index is 0.658. The fourth-order valence-corrected chi connectivity index (χ4v) is 2.98. The summed E-state index contributed by atoms with van der Waals surface area (Å²) in [5, 5.41) is 0. The number of halogens is 1. The van der Waals surface area contributed by atoms with Crippen LogP contribution in [-0.2, 0) is 0 Å². The molecule has 1 aliphatic carbocycles. The fourth-order valence-electron chi connectivity index (χ4n) is 2.65. The molecule has 0 saturated heterocycles. The van der Waals surface area contributed by atoms with E-state index in [0.29, 0.717) is 5.92 Å². The van der Waals surface area contributed by atoms with Crippen LogP contribution in [0.2, 0.25) is 0 Å². The molecule has 0 aromatic carbocycles. The van der Waals surface area contributed by atoms with Crippen LogP contribution in [0.1, 0.15) is 43.8 Å². The Hall–Kier alpha value is -0.830. The first-order chi connectivity index (χ1) is 7.84. The Kier molecular flexibility index (Phi) is 2.72. The summed E-state index contributed by atoms with van der Waals surface area (Å²) in [7, 11) is 0. The summed E-state index contributed by atoms with van der Waals surface area (Å²) in [5.41, 5.74) is 1.20. The summed E-state index contributed by atoms with van der Waals surface area (Å²) in [4.78, 5) is 4.60. The predicted octanol–water partition coefficient (Wildman–Crippen LogP) is 4.14. The molecule has 0 N–H and O–H groups in total. The normalized spacial score (nSPS) is 18.1. The molecule has 0 amide bonds. The SMILES string of the molecule is Brc1ccc2cnc(C3CCCCC3)n2c1. The number of hydrogen-bond donors (Lipinski definition) is 0. The van der Waals surface area contributed by atoms with Crippen LogP contribution >= 0.6 is 15.9 Å². The van der Waals surface area contributed by atoms with Crippen molar-refractivity contribution in [1.29, 1.82) is 0 Å². The highest BCUT2D eigenvalue weighted by Crippen LogP contribution is 2.32. The molecule has 0 bridgehead atoms. The average molecular weight is 279 g/mol. The van der Waals surface area contributed by atoms with E-state index in [9.17, 15) is 0 Å². The van der Waals surface area contributed by atoms with Gasteiger partial charge in [0.1, 0.15) is 5.82 Å². The average Bonchev–Trinajstić information content (AvgIpc) is 2.73. The van der Waals surface area contributed by atoms with E-state index in [0.717, 1.165) is 4.47 Å². The van der Waals surface area contributed by atoms with Crippen molar-refractivity contribution in [2.75, 3.05) is 0 Å². The second kappa shape index (κ2) is 4.21. The lowest BCUT2D eigenvalue weighted by Crippen LogP contribution is -2.08. The number of aromatic nitrogens is 2. The Bertz CT molecular complexity index is 498. The van der Waals surface area contributed by atoms with Gasteiger partial charge < -0.3 is 4.40 Å². The number of nitrogens with zero attached hydrogens (tertiary/aromatic N) is 2. The zero-order valence-corrected chi connectivity index (χ0v) is 10.8. The molecular weight excluding hydrogens is 264 g/mol. The first kappa shape index (κ1) is 10.3. The van der Waals surface area contributed by atoms with Gasteiger partial charge in [-0.15, -0.1) is 0 Å². The molecular formula is C13H15BrN2. The van der Waals surface area contributed by atoms with Gasteiger partial charge in [-0.1, -0.05) is 19.3 Å². The van der Waals surface area contributed by atoms with Crippen LogP contribution in [0.15, 0.2) is 29.0 Å². The van der Waals surface area contributed by atoms with Gasteiger partial charge in [-0.05, 0) is 40.9 Å². The molecule has 84 valence electrons. The quantitative estimate of drug-likeness (QED) is 0.766. The smallest absolute Gasteiger partial charge is 0.116 e. The molecule has 1 fully saturated rings. The molecule has 0 radical (unpaired) electrons. The van der Waals surface area contributed by atoms with E-state index in [1.165, 1.54) is 43.4 Å². The van der Waals surface area contributed by atoms with Gasteiger partial charge in [0.05, 0.1) is 11.7 Å². The zero-order chi connectivity index (χ0) is 11.0. The molecule has 2 heterocycles. The lowest BCUT2D eigenvalue weighted by Gasteiger charge is -2.20. The van der Waals surface area contributed by atoms with Crippen LogP contribution in [0.3, 0.4) is 0 Å². The highest BCUT2D eigenvalue weighted by molar-refractivity contribution is 9.10. The lowest BCUT2D eigenvalue weighted by atomic mass is 9.89. The van der Waals surface area contributed by atoms with E-state index >= 15 is 0 Å². The van der Waals surface area contributed by atoms with Crippen molar-refractivity contribution in [2.45, 2.75) is 38.0 Å². The Labute approximate surface area is 104 Å². The first-order valence-electron chi connectivity index (χ1n) is 5.97. The standard InChI is InChI=1S/C13H15BrN2/c14-11-6-7-12-8-15-13(16(12)9-11)10-4-2-1-3-5-10/h6-10H,1-5H2. The van der Waals surface area contributed by atoms with Crippen LogP contribution in [0.25, 0.3) is 5.52 Å². The van der Waals surface area contributed by atoms with Crippen LogP contribution in [0.4, 0.5) is 0 Å². The first-order valence-corrected chi connectivity index (χ1v) is 6.76. The van der Waals surface area contributed by atoms with E-state index in [4.69, 9.17) is 0 Å². The van der Waals surface area contributed by atoms with Gasteiger partial charge in [0, 0.05) is 16.6 Å². The van der Waals surface area contributed by atoms with Crippen molar-refractivity contribution in [3.63, 3.8) is 0 Å². The number of fused-ring (bicyclic) bond motifs is 1. The van der Waals surface area contributed by atoms with Gasteiger partial charge in [-0.2, -0.15) is 0 Å². The second-order valence-corrected chi connectivity index (χ2v) is 5.51. The lowest BCUT2D eigenvalue weighted by molar-refractivity contribution is 0.427. The van der Waals surface area contributed by atoms with Gasteiger partial charge in [0.2, 0.25) is 0 Å². The molecule has 16 heavy (non-hydrogen) atoms.